The molecule has 1 aromatic carbocycles. The maximum atomic E-state index is 12.2. The van der Waals surface area contributed by atoms with E-state index in [9.17, 15) is 4.79 Å². The van der Waals surface area contributed by atoms with Crippen LogP contribution in [0, 0.1) is 0 Å². The van der Waals surface area contributed by atoms with Crippen molar-refractivity contribution in [3.8, 4) is 0 Å². The minimum Gasteiger partial charge on any atom is -0.320 e. The summed E-state index contributed by atoms with van der Waals surface area (Å²) in [5.41, 5.74) is 0.973. The van der Waals surface area contributed by atoms with Crippen molar-refractivity contribution in [2.75, 3.05) is 5.32 Å². The molecule has 2 aromatic heterocycles. The van der Waals surface area contributed by atoms with E-state index in [-0.39, 0.29) is 11.6 Å². The van der Waals surface area contributed by atoms with Gasteiger partial charge in [0.2, 0.25) is 0 Å². The fourth-order valence-electron chi connectivity index (χ4n) is 1.94. The molecule has 1 N–H and O–H groups in total. The van der Waals surface area contributed by atoms with Crippen molar-refractivity contribution in [2.24, 2.45) is 0 Å². The number of nitrogens with zero attached hydrogens (tertiary/aromatic N) is 2. The molecule has 0 bridgehead atoms. The highest BCUT2D eigenvalue weighted by molar-refractivity contribution is 6.31. The van der Waals surface area contributed by atoms with Crippen molar-refractivity contribution in [1.82, 2.24) is 9.97 Å². The molecular weight excluding hydrogens is 274 g/mol. The van der Waals surface area contributed by atoms with Crippen molar-refractivity contribution in [2.45, 2.75) is 0 Å². The molecule has 20 heavy (non-hydrogen) atoms. The van der Waals surface area contributed by atoms with Crippen LogP contribution in [0.4, 0.5) is 5.69 Å². The van der Waals surface area contributed by atoms with Gasteiger partial charge >= 0.3 is 0 Å². The van der Waals surface area contributed by atoms with E-state index < -0.39 is 0 Å². The van der Waals surface area contributed by atoms with Crippen LogP contribution >= 0.6 is 11.6 Å². The van der Waals surface area contributed by atoms with Gasteiger partial charge in [-0.15, -0.1) is 0 Å². The second-order valence-electron chi connectivity index (χ2n) is 4.22. The highest BCUT2D eigenvalue weighted by Crippen LogP contribution is 2.22. The van der Waals surface area contributed by atoms with Gasteiger partial charge < -0.3 is 5.32 Å². The van der Waals surface area contributed by atoms with Crippen molar-refractivity contribution < 1.29 is 4.79 Å². The van der Waals surface area contributed by atoms with Crippen LogP contribution in [0.5, 0.6) is 0 Å². The predicted octanol–water partition coefficient (Wildman–Crippen LogP) is 3.54. The number of rotatable bonds is 2. The Kier molecular flexibility index (Phi) is 3.31. The number of aromatic nitrogens is 2. The number of amides is 1. The normalized spacial score (nSPS) is 10.4. The molecule has 2 heterocycles. The Morgan fingerprint density at radius 1 is 1.15 bits per heavy atom. The summed E-state index contributed by atoms with van der Waals surface area (Å²) in [6, 6.07) is 10.7. The number of pyridine rings is 2. The smallest absolute Gasteiger partial charge is 0.274 e. The van der Waals surface area contributed by atoms with Crippen LogP contribution in [0.25, 0.3) is 10.8 Å². The van der Waals surface area contributed by atoms with Gasteiger partial charge in [0.05, 0.1) is 5.69 Å². The minimum atomic E-state index is -0.302. The van der Waals surface area contributed by atoms with E-state index in [0.29, 0.717) is 10.7 Å². The monoisotopic (exact) mass is 283 g/mol. The first kappa shape index (κ1) is 12.6. The SMILES string of the molecule is O=C(Nc1cccc2ccncc12)c1cc(Cl)ccn1. The summed E-state index contributed by atoms with van der Waals surface area (Å²) in [4.78, 5) is 20.2. The first-order valence-corrected chi connectivity index (χ1v) is 6.37. The van der Waals surface area contributed by atoms with Gasteiger partial charge in [0.1, 0.15) is 5.69 Å². The molecule has 5 heteroatoms. The highest BCUT2D eigenvalue weighted by Gasteiger charge is 2.10. The molecule has 98 valence electrons. The van der Waals surface area contributed by atoms with E-state index in [0.717, 1.165) is 10.8 Å². The number of nitrogens with one attached hydrogen (secondary N) is 1. The molecule has 0 atom stereocenters. The van der Waals surface area contributed by atoms with E-state index in [1.54, 1.807) is 18.5 Å². The quantitative estimate of drug-likeness (QED) is 0.783. The van der Waals surface area contributed by atoms with Gasteiger partial charge in [0.25, 0.3) is 5.91 Å². The van der Waals surface area contributed by atoms with Crippen LogP contribution in [0.1, 0.15) is 10.5 Å². The Morgan fingerprint density at radius 3 is 2.90 bits per heavy atom. The summed E-state index contributed by atoms with van der Waals surface area (Å²) >= 11 is 5.86. The molecule has 0 saturated carbocycles. The van der Waals surface area contributed by atoms with Gasteiger partial charge in [0.15, 0.2) is 0 Å². The third kappa shape index (κ3) is 2.46. The number of hydrogen-bond acceptors (Lipinski definition) is 3. The highest BCUT2D eigenvalue weighted by atomic mass is 35.5. The number of fused-ring (bicyclic) bond motifs is 1. The van der Waals surface area contributed by atoms with E-state index >= 15 is 0 Å². The van der Waals surface area contributed by atoms with Crippen LogP contribution in [0.3, 0.4) is 0 Å². The van der Waals surface area contributed by atoms with Gasteiger partial charge in [0, 0.05) is 29.0 Å². The van der Waals surface area contributed by atoms with Gasteiger partial charge in [-0.2, -0.15) is 0 Å². The molecule has 0 radical (unpaired) electrons. The fourth-order valence-corrected chi connectivity index (χ4v) is 2.10. The zero-order chi connectivity index (χ0) is 13.9. The van der Waals surface area contributed by atoms with Gasteiger partial charge in [-0.3, -0.25) is 14.8 Å². The number of halogens is 1. The third-order valence-corrected chi connectivity index (χ3v) is 3.12. The molecule has 1 amide bonds. The number of anilines is 1. The van der Waals surface area contributed by atoms with Crippen LogP contribution in [0.2, 0.25) is 5.02 Å². The van der Waals surface area contributed by atoms with E-state index in [4.69, 9.17) is 11.6 Å². The Morgan fingerprint density at radius 2 is 2.05 bits per heavy atom. The lowest BCUT2D eigenvalue weighted by atomic mass is 10.1. The van der Waals surface area contributed by atoms with Crippen LogP contribution in [0.15, 0.2) is 55.0 Å². The molecule has 4 nitrogen and oxygen atoms in total. The van der Waals surface area contributed by atoms with Crippen molar-refractivity contribution >= 4 is 34.0 Å². The minimum absolute atomic E-state index is 0.276. The number of carbonyl (C=O) groups is 1. The Labute approximate surface area is 120 Å². The summed E-state index contributed by atoms with van der Waals surface area (Å²) in [7, 11) is 0. The molecular formula is C15H10ClN3O. The predicted molar refractivity (Wildman–Crippen MR) is 78.9 cm³/mol. The van der Waals surface area contributed by atoms with Gasteiger partial charge in [-0.05, 0) is 29.7 Å². The van der Waals surface area contributed by atoms with Gasteiger partial charge in [-0.25, -0.2) is 0 Å². The number of hydrogen-bond donors (Lipinski definition) is 1. The van der Waals surface area contributed by atoms with Crippen LogP contribution < -0.4 is 5.32 Å². The second kappa shape index (κ2) is 5.27. The Hall–Kier alpha value is -2.46. The van der Waals surface area contributed by atoms with E-state index in [2.05, 4.69) is 15.3 Å². The van der Waals surface area contributed by atoms with E-state index in [1.807, 2.05) is 24.3 Å². The zero-order valence-electron chi connectivity index (χ0n) is 10.4. The molecule has 0 spiro atoms. The molecule has 0 fully saturated rings. The summed E-state index contributed by atoms with van der Waals surface area (Å²) in [5.74, 6) is -0.302. The fraction of sp³-hybridized carbons (Fsp3) is 0. The first-order valence-electron chi connectivity index (χ1n) is 6.00. The number of benzene rings is 1. The topological polar surface area (TPSA) is 54.9 Å². The summed E-state index contributed by atoms with van der Waals surface area (Å²) in [5, 5.41) is 5.20. The lowest BCUT2D eigenvalue weighted by Gasteiger charge is -2.08. The third-order valence-electron chi connectivity index (χ3n) is 2.89. The van der Waals surface area contributed by atoms with Gasteiger partial charge in [-0.1, -0.05) is 23.7 Å². The van der Waals surface area contributed by atoms with Crippen molar-refractivity contribution in [3.05, 3.63) is 65.7 Å². The van der Waals surface area contributed by atoms with Crippen LogP contribution in [-0.2, 0) is 0 Å². The summed E-state index contributed by atoms with van der Waals surface area (Å²) in [6.07, 6.45) is 4.94. The molecule has 0 unspecified atom stereocenters. The molecule has 0 saturated heterocycles. The lowest BCUT2D eigenvalue weighted by molar-refractivity contribution is 0.102. The average molecular weight is 284 g/mol. The molecule has 3 rings (SSSR count). The maximum Gasteiger partial charge on any atom is 0.274 e. The second-order valence-corrected chi connectivity index (χ2v) is 4.65. The first-order chi connectivity index (χ1) is 9.74. The molecule has 0 aliphatic carbocycles. The van der Waals surface area contributed by atoms with E-state index in [1.165, 1.54) is 12.3 Å². The Balaban J connectivity index is 1.95. The summed E-state index contributed by atoms with van der Waals surface area (Å²) < 4.78 is 0. The number of carbonyl (C=O) groups excluding carboxylic acids is 1. The zero-order valence-corrected chi connectivity index (χ0v) is 11.1. The molecule has 3 aromatic rings. The largest absolute Gasteiger partial charge is 0.320 e. The molecule has 0 aliphatic heterocycles. The van der Waals surface area contributed by atoms with Crippen LogP contribution in [-0.4, -0.2) is 15.9 Å². The molecule has 0 aliphatic rings. The summed E-state index contributed by atoms with van der Waals surface area (Å²) in [6.45, 7) is 0. The van der Waals surface area contributed by atoms with Crippen molar-refractivity contribution in [1.29, 1.82) is 0 Å². The lowest BCUT2D eigenvalue weighted by Crippen LogP contribution is -2.13. The maximum absolute atomic E-state index is 12.2. The Bertz CT molecular complexity index is 783. The standard InChI is InChI=1S/C15H10ClN3O/c16-11-5-7-18-14(8-11)15(20)19-13-3-1-2-10-4-6-17-9-12(10)13/h1-9H,(H,19,20). The van der Waals surface area contributed by atoms with Crippen molar-refractivity contribution in [3.63, 3.8) is 0 Å². The average Bonchev–Trinajstić information content (AvgIpc) is 2.47.